The fourth-order valence-corrected chi connectivity index (χ4v) is 3.01. The first kappa shape index (κ1) is 15.7. The number of hydrogen-bond acceptors (Lipinski definition) is 4. The van der Waals surface area contributed by atoms with Gasteiger partial charge in [-0.15, -0.1) is 0 Å². The van der Waals surface area contributed by atoms with Crippen molar-refractivity contribution in [3.8, 4) is 0 Å². The van der Waals surface area contributed by atoms with E-state index in [9.17, 15) is 9.59 Å². The number of Topliss-reactive ketones (excluding diaryl/α,β-unsaturated/α-hetero) is 1. The van der Waals surface area contributed by atoms with Crippen molar-refractivity contribution in [3.63, 3.8) is 0 Å². The van der Waals surface area contributed by atoms with E-state index >= 15 is 0 Å². The smallest absolute Gasteiger partial charge is 0.269 e. The zero-order chi connectivity index (χ0) is 15.2. The van der Waals surface area contributed by atoms with E-state index in [2.05, 4.69) is 10.00 Å². The van der Waals surface area contributed by atoms with Gasteiger partial charge in [-0.1, -0.05) is 19.3 Å². The molecule has 0 amide bonds. The number of hydrogen-bond donors (Lipinski definition) is 0. The summed E-state index contributed by atoms with van der Waals surface area (Å²) < 4.78 is 1.30. The van der Waals surface area contributed by atoms with E-state index in [4.69, 9.17) is 0 Å². The van der Waals surface area contributed by atoms with Gasteiger partial charge in [-0.3, -0.25) is 9.59 Å². The van der Waals surface area contributed by atoms with Crippen LogP contribution in [-0.4, -0.2) is 28.7 Å². The van der Waals surface area contributed by atoms with E-state index in [1.807, 2.05) is 13.8 Å². The van der Waals surface area contributed by atoms with Crippen molar-refractivity contribution in [2.24, 2.45) is 5.92 Å². The van der Waals surface area contributed by atoms with Gasteiger partial charge < -0.3 is 4.90 Å². The Bertz CT molecular complexity index is 529. The number of rotatable bonds is 6. The van der Waals surface area contributed by atoms with E-state index in [0.29, 0.717) is 0 Å². The normalized spacial score (nSPS) is 15.9. The second-order valence-corrected chi connectivity index (χ2v) is 5.68. The summed E-state index contributed by atoms with van der Waals surface area (Å²) in [5.74, 6) is 0.273. The molecule has 5 nitrogen and oxygen atoms in total. The number of carbonyl (C=O) groups is 1. The maximum Gasteiger partial charge on any atom is 0.269 e. The van der Waals surface area contributed by atoms with Crippen LogP contribution in [0, 0.1) is 5.92 Å². The molecule has 0 aromatic carbocycles. The molecule has 1 aromatic heterocycles. The van der Waals surface area contributed by atoms with Crippen molar-refractivity contribution in [1.29, 1.82) is 0 Å². The van der Waals surface area contributed by atoms with Gasteiger partial charge in [-0.25, -0.2) is 4.68 Å². The third-order valence-electron chi connectivity index (χ3n) is 4.35. The van der Waals surface area contributed by atoms with Crippen molar-refractivity contribution in [1.82, 2.24) is 9.78 Å². The van der Waals surface area contributed by atoms with Crippen LogP contribution >= 0.6 is 0 Å². The second kappa shape index (κ2) is 7.38. The molecule has 1 aliphatic carbocycles. The maximum absolute atomic E-state index is 12.2. The van der Waals surface area contributed by atoms with Gasteiger partial charge in [0, 0.05) is 25.1 Å². The predicted molar refractivity (Wildman–Crippen MR) is 83.6 cm³/mol. The minimum absolute atomic E-state index is 0.113. The molecule has 0 bridgehead atoms. The van der Waals surface area contributed by atoms with E-state index in [1.54, 1.807) is 12.3 Å². The molecule has 0 atom stereocenters. The molecule has 21 heavy (non-hydrogen) atoms. The molecule has 5 heteroatoms. The molecular formula is C16H25N3O2. The van der Waals surface area contributed by atoms with Gasteiger partial charge in [-0.2, -0.15) is 5.10 Å². The summed E-state index contributed by atoms with van der Waals surface area (Å²) in [6, 6.07) is 1.58. The van der Waals surface area contributed by atoms with Crippen molar-refractivity contribution in [2.75, 3.05) is 18.0 Å². The highest BCUT2D eigenvalue weighted by Gasteiger charge is 2.21. The van der Waals surface area contributed by atoms with Gasteiger partial charge >= 0.3 is 0 Å². The average Bonchev–Trinajstić information content (AvgIpc) is 2.52. The summed E-state index contributed by atoms with van der Waals surface area (Å²) >= 11 is 0. The number of aromatic nitrogens is 2. The first-order valence-corrected chi connectivity index (χ1v) is 8.00. The quantitative estimate of drug-likeness (QED) is 0.806. The van der Waals surface area contributed by atoms with Crippen molar-refractivity contribution < 1.29 is 4.79 Å². The molecule has 0 unspecified atom stereocenters. The van der Waals surface area contributed by atoms with Crippen molar-refractivity contribution >= 4 is 11.5 Å². The highest BCUT2D eigenvalue weighted by Crippen LogP contribution is 2.24. The Hall–Kier alpha value is -1.65. The Morgan fingerprint density at radius 3 is 2.52 bits per heavy atom. The van der Waals surface area contributed by atoms with Crippen molar-refractivity contribution in [2.45, 2.75) is 52.5 Å². The van der Waals surface area contributed by atoms with Crippen LogP contribution in [0.15, 0.2) is 17.1 Å². The first-order valence-electron chi connectivity index (χ1n) is 8.00. The van der Waals surface area contributed by atoms with Crippen LogP contribution < -0.4 is 10.5 Å². The minimum Gasteiger partial charge on any atom is -0.371 e. The van der Waals surface area contributed by atoms with E-state index in [1.165, 1.54) is 11.1 Å². The van der Waals surface area contributed by atoms with Crippen LogP contribution in [0.4, 0.5) is 5.69 Å². The molecule has 2 rings (SSSR count). The topological polar surface area (TPSA) is 55.2 Å². The van der Waals surface area contributed by atoms with Crippen LogP contribution in [-0.2, 0) is 11.3 Å². The summed E-state index contributed by atoms with van der Waals surface area (Å²) in [5.41, 5.74) is 0.634. The van der Waals surface area contributed by atoms with Gasteiger partial charge in [0.25, 0.3) is 5.56 Å². The number of carbonyl (C=O) groups excluding carboxylic acids is 1. The van der Waals surface area contributed by atoms with Gasteiger partial charge in [0.15, 0.2) is 5.78 Å². The van der Waals surface area contributed by atoms with Crippen LogP contribution in [0.5, 0.6) is 0 Å². The molecule has 1 heterocycles. The fourth-order valence-electron chi connectivity index (χ4n) is 3.01. The standard InChI is InChI=1S/C16H25N3O2/c1-3-18(4-2)14-10-16(21)19(17-11-14)12-15(20)13-8-6-5-7-9-13/h10-11,13H,3-9,12H2,1-2H3. The van der Waals surface area contributed by atoms with E-state index in [-0.39, 0.29) is 23.8 Å². The molecule has 0 saturated heterocycles. The van der Waals surface area contributed by atoms with Gasteiger partial charge in [0.05, 0.1) is 11.9 Å². The highest BCUT2D eigenvalue weighted by molar-refractivity contribution is 5.80. The number of anilines is 1. The molecule has 1 aromatic rings. The molecular weight excluding hydrogens is 266 g/mol. The second-order valence-electron chi connectivity index (χ2n) is 5.68. The first-order chi connectivity index (χ1) is 10.2. The third-order valence-corrected chi connectivity index (χ3v) is 4.35. The lowest BCUT2D eigenvalue weighted by atomic mass is 9.86. The third kappa shape index (κ3) is 3.93. The lowest BCUT2D eigenvalue weighted by molar-refractivity contribution is -0.124. The molecule has 0 spiro atoms. The molecule has 0 radical (unpaired) electrons. The largest absolute Gasteiger partial charge is 0.371 e. The number of ketones is 1. The number of nitrogens with zero attached hydrogens (tertiary/aromatic N) is 3. The summed E-state index contributed by atoms with van der Waals surface area (Å²) in [5, 5.41) is 4.17. The Balaban J connectivity index is 2.07. The van der Waals surface area contributed by atoms with Crippen LogP contribution in [0.3, 0.4) is 0 Å². The fraction of sp³-hybridized carbons (Fsp3) is 0.688. The summed E-state index contributed by atoms with van der Waals surface area (Å²) in [4.78, 5) is 26.4. The van der Waals surface area contributed by atoms with Gasteiger partial charge in [0.1, 0.15) is 6.54 Å². The average molecular weight is 291 g/mol. The van der Waals surface area contributed by atoms with Crippen LogP contribution in [0.25, 0.3) is 0 Å². The zero-order valence-corrected chi connectivity index (χ0v) is 13.0. The summed E-state index contributed by atoms with van der Waals surface area (Å²) in [6.07, 6.45) is 7.08. The van der Waals surface area contributed by atoms with Crippen LogP contribution in [0.2, 0.25) is 0 Å². The Morgan fingerprint density at radius 2 is 1.95 bits per heavy atom. The monoisotopic (exact) mass is 291 g/mol. The van der Waals surface area contributed by atoms with Crippen LogP contribution in [0.1, 0.15) is 46.0 Å². The Morgan fingerprint density at radius 1 is 1.29 bits per heavy atom. The molecule has 116 valence electrons. The Kier molecular flexibility index (Phi) is 5.53. The van der Waals surface area contributed by atoms with Gasteiger partial charge in [-0.05, 0) is 26.7 Å². The SMILES string of the molecule is CCN(CC)c1cnn(CC(=O)C2CCCCC2)c(=O)c1. The van der Waals surface area contributed by atoms with E-state index < -0.39 is 0 Å². The summed E-state index contributed by atoms with van der Waals surface area (Å²) in [6.45, 7) is 5.87. The minimum atomic E-state index is -0.191. The Labute approximate surface area is 126 Å². The predicted octanol–water partition coefficient (Wildman–Crippen LogP) is 2.24. The maximum atomic E-state index is 12.2. The zero-order valence-electron chi connectivity index (χ0n) is 13.0. The molecule has 0 aliphatic heterocycles. The molecule has 1 fully saturated rings. The lowest BCUT2D eigenvalue weighted by Gasteiger charge is -2.21. The molecule has 0 N–H and O–H groups in total. The molecule has 1 saturated carbocycles. The van der Waals surface area contributed by atoms with Crippen molar-refractivity contribution in [3.05, 3.63) is 22.6 Å². The summed E-state index contributed by atoms with van der Waals surface area (Å²) in [7, 11) is 0. The van der Waals surface area contributed by atoms with Gasteiger partial charge in [0.2, 0.25) is 0 Å². The molecule has 1 aliphatic rings. The lowest BCUT2D eigenvalue weighted by Crippen LogP contribution is -2.32. The van der Waals surface area contributed by atoms with E-state index in [0.717, 1.165) is 44.5 Å². The highest BCUT2D eigenvalue weighted by atomic mass is 16.1.